The number of hydrogen-bond donors (Lipinski definition) is 2. The van der Waals surface area contributed by atoms with E-state index in [-0.39, 0.29) is 11.9 Å². The summed E-state index contributed by atoms with van der Waals surface area (Å²) < 4.78 is 0. The predicted octanol–water partition coefficient (Wildman–Crippen LogP) is 3.26. The van der Waals surface area contributed by atoms with Crippen LogP contribution in [0.3, 0.4) is 0 Å². The third-order valence-corrected chi connectivity index (χ3v) is 4.33. The molecule has 0 spiro atoms. The van der Waals surface area contributed by atoms with Gasteiger partial charge in [-0.3, -0.25) is 4.79 Å². The Balaban J connectivity index is 1.92. The molecule has 0 fully saturated rings. The van der Waals surface area contributed by atoms with Crippen molar-refractivity contribution >= 4 is 17.2 Å². The van der Waals surface area contributed by atoms with Crippen LogP contribution in [0.4, 0.5) is 0 Å². The summed E-state index contributed by atoms with van der Waals surface area (Å²) in [6.45, 7) is 0.728. The van der Waals surface area contributed by atoms with E-state index in [1.807, 2.05) is 35.7 Å². The molecule has 1 atom stereocenters. The fraction of sp³-hybridized carbons (Fsp3) is 0.412. The lowest BCUT2D eigenvalue weighted by Gasteiger charge is -2.17. The van der Waals surface area contributed by atoms with Crippen molar-refractivity contribution in [2.75, 3.05) is 6.54 Å². The van der Waals surface area contributed by atoms with Gasteiger partial charge in [-0.15, -0.1) is 11.3 Å². The molecule has 2 rings (SSSR count). The summed E-state index contributed by atoms with van der Waals surface area (Å²) in [7, 11) is 0. The van der Waals surface area contributed by atoms with E-state index in [4.69, 9.17) is 5.73 Å². The Morgan fingerprint density at radius 2 is 1.95 bits per heavy atom. The van der Waals surface area contributed by atoms with Gasteiger partial charge in [0.15, 0.2) is 0 Å². The molecular formula is C17H23N3OS. The minimum atomic E-state index is -0.155. The van der Waals surface area contributed by atoms with Crippen LogP contribution < -0.4 is 11.1 Å². The minimum absolute atomic E-state index is 0.0804. The molecule has 1 amide bonds. The number of nitrogens with one attached hydrogen (secondary N) is 1. The van der Waals surface area contributed by atoms with Gasteiger partial charge in [0.25, 0.3) is 0 Å². The number of rotatable bonds is 9. The van der Waals surface area contributed by atoms with Gasteiger partial charge in [-0.2, -0.15) is 0 Å². The maximum absolute atomic E-state index is 12.2. The summed E-state index contributed by atoms with van der Waals surface area (Å²) in [5.41, 5.74) is 6.53. The third-order valence-electron chi connectivity index (χ3n) is 3.49. The number of amides is 1. The second-order valence-electron chi connectivity index (χ2n) is 5.23. The van der Waals surface area contributed by atoms with E-state index >= 15 is 0 Å². The van der Waals surface area contributed by atoms with Crippen molar-refractivity contribution in [1.29, 1.82) is 0 Å². The van der Waals surface area contributed by atoms with Crippen molar-refractivity contribution in [3.63, 3.8) is 0 Å². The van der Waals surface area contributed by atoms with E-state index in [9.17, 15) is 4.79 Å². The van der Waals surface area contributed by atoms with Crippen molar-refractivity contribution in [2.24, 2.45) is 5.73 Å². The first kappa shape index (κ1) is 16.6. The van der Waals surface area contributed by atoms with E-state index in [2.05, 4.69) is 10.3 Å². The average molecular weight is 317 g/mol. The highest BCUT2D eigenvalue weighted by molar-refractivity contribution is 7.09. The summed E-state index contributed by atoms with van der Waals surface area (Å²) >= 11 is 1.56. The number of unbranched alkanes of at least 4 members (excludes halogenated alkanes) is 3. The molecule has 0 saturated carbocycles. The van der Waals surface area contributed by atoms with Crippen LogP contribution in [-0.2, 0) is 4.79 Å². The van der Waals surface area contributed by atoms with E-state index < -0.39 is 0 Å². The Kier molecular flexibility index (Phi) is 7.06. The molecule has 0 radical (unpaired) electrons. The molecule has 4 nitrogen and oxygen atoms in total. The van der Waals surface area contributed by atoms with Crippen LogP contribution in [0, 0.1) is 0 Å². The highest BCUT2D eigenvalue weighted by Gasteiger charge is 2.18. The van der Waals surface area contributed by atoms with Crippen LogP contribution in [0.15, 0.2) is 41.9 Å². The number of benzene rings is 1. The van der Waals surface area contributed by atoms with Gasteiger partial charge in [-0.25, -0.2) is 4.98 Å². The lowest BCUT2D eigenvalue weighted by atomic mass is 10.1. The lowest BCUT2D eigenvalue weighted by molar-refractivity contribution is -0.121. The number of hydrogen-bond acceptors (Lipinski definition) is 4. The van der Waals surface area contributed by atoms with Crippen molar-refractivity contribution in [1.82, 2.24) is 10.3 Å². The van der Waals surface area contributed by atoms with E-state index in [1.165, 1.54) is 0 Å². The minimum Gasteiger partial charge on any atom is -0.343 e. The van der Waals surface area contributed by atoms with Crippen LogP contribution in [-0.4, -0.2) is 17.4 Å². The molecule has 0 saturated heterocycles. The number of aromatic nitrogens is 1. The zero-order valence-corrected chi connectivity index (χ0v) is 13.5. The highest BCUT2D eigenvalue weighted by atomic mass is 32.1. The molecule has 1 aromatic carbocycles. The lowest BCUT2D eigenvalue weighted by Crippen LogP contribution is -2.29. The second-order valence-corrected chi connectivity index (χ2v) is 6.16. The Morgan fingerprint density at radius 1 is 1.18 bits per heavy atom. The number of thiazole rings is 1. The smallest absolute Gasteiger partial charge is 0.220 e. The third kappa shape index (κ3) is 5.24. The molecule has 0 aliphatic carbocycles. The van der Waals surface area contributed by atoms with Crippen molar-refractivity contribution < 1.29 is 4.79 Å². The molecule has 1 heterocycles. The molecule has 2 aromatic rings. The van der Waals surface area contributed by atoms with Gasteiger partial charge in [0.1, 0.15) is 11.0 Å². The topological polar surface area (TPSA) is 68.0 Å². The highest BCUT2D eigenvalue weighted by Crippen LogP contribution is 2.23. The maximum atomic E-state index is 12.2. The van der Waals surface area contributed by atoms with Crippen molar-refractivity contribution in [2.45, 2.75) is 38.1 Å². The van der Waals surface area contributed by atoms with Gasteiger partial charge >= 0.3 is 0 Å². The first-order chi connectivity index (χ1) is 10.8. The van der Waals surface area contributed by atoms with Gasteiger partial charge in [-0.05, 0) is 24.9 Å². The number of nitrogens with zero attached hydrogens (tertiary/aromatic N) is 1. The van der Waals surface area contributed by atoms with Crippen LogP contribution in [0.2, 0.25) is 0 Å². The van der Waals surface area contributed by atoms with Gasteiger partial charge in [-0.1, -0.05) is 43.2 Å². The van der Waals surface area contributed by atoms with Gasteiger partial charge in [0, 0.05) is 18.0 Å². The predicted molar refractivity (Wildman–Crippen MR) is 90.7 cm³/mol. The van der Waals surface area contributed by atoms with E-state index in [0.717, 1.165) is 42.8 Å². The van der Waals surface area contributed by atoms with Crippen molar-refractivity contribution in [3.8, 4) is 0 Å². The largest absolute Gasteiger partial charge is 0.343 e. The molecule has 0 bridgehead atoms. The maximum Gasteiger partial charge on any atom is 0.220 e. The van der Waals surface area contributed by atoms with Crippen LogP contribution in [0.25, 0.3) is 0 Å². The van der Waals surface area contributed by atoms with E-state index in [0.29, 0.717) is 6.42 Å². The van der Waals surface area contributed by atoms with Gasteiger partial charge < -0.3 is 11.1 Å². The van der Waals surface area contributed by atoms with Crippen LogP contribution in [0.5, 0.6) is 0 Å². The standard InChI is InChI=1S/C17H23N3OS/c18-11-7-2-1-6-10-15(21)20-16(17-19-12-13-22-17)14-8-4-3-5-9-14/h3-5,8-9,12-13,16H,1-2,6-7,10-11,18H2,(H,20,21). The Bertz CT molecular complexity index is 542. The molecule has 22 heavy (non-hydrogen) atoms. The van der Waals surface area contributed by atoms with Crippen LogP contribution in [0.1, 0.15) is 48.7 Å². The molecule has 1 aromatic heterocycles. The molecule has 118 valence electrons. The average Bonchev–Trinajstić information content (AvgIpc) is 3.07. The molecule has 0 aliphatic heterocycles. The Labute approximate surface area is 135 Å². The summed E-state index contributed by atoms with van der Waals surface area (Å²) in [5, 5.41) is 5.96. The first-order valence-electron chi connectivity index (χ1n) is 7.75. The fourth-order valence-corrected chi connectivity index (χ4v) is 3.04. The fourth-order valence-electron chi connectivity index (χ4n) is 2.33. The van der Waals surface area contributed by atoms with Crippen LogP contribution >= 0.6 is 11.3 Å². The summed E-state index contributed by atoms with van der Waals surface area (Å²) in [6.07, 6.45) is 6.42. The summed E-state index contributed by atoms with van der Waals surface area (Å²) in [4.78, 5) is 16.6. The first-order valence-corrected chi connectivity index (χ1v) is 8.63. The molecule has 5 heteroatoms. The monoisotopic (exact) mass is 317 g/mol. The molecule has 0 aliphatic rings. The summed E-state index contributed by atoms with van der Waals surface area (Å²) in [6, 6.07) is 9.82. The molecule has 3 N–H and O–H groups in total. The zero-order valence-electron chi connectivity index (χ0n) is 12.7. The van der Waals surface area contributed by atoms with E-state index in [1.54, 1.807) is 17.5 Å². The quantitative estimate of drug-likeness (QED) is 0.698. The summed E-state index contributed by atoms with van der Waals surface area (Å²) in [5.74, 6) is 0.0804. The molecular weight excluding hydrogens is 294 g/mol. The van der Waals surface area contributed by atoms with Gasteiger partial charge in [0.05, 0.1) is 0 Å². The number of carbonyl (C=O) groups excluding carboxylic acids is 1. The molecule has 1 unspecified atom stereocenters. The SMILES string of the molecule is NCCCCCCC(=O)NC(c1ccccc1)c1nccs1. The normalized spacial score (nSPS) is 12.0. The van der Waals surface area contributed by atoms with Crippen molar-refractivity contribution in [3.05, 3.63) is 52.5 Å². The Morgan fingerprint density at radius 3 is 2.64 bits per heavy atom. The number of carbonyl (C=O) groups is 1. The second kappa shape index (κ2) is 9.33. The number of nitrogens with two attached hydrogens (primary N) is 1. The van der Waals surface area contributed by atoms with Gasteiger partial charge in [0.2, 0.25) is 5.91 Å². The Hall–Kier alpha value is -1.72. The zero-order chi connectivity index (χ0) is 15.6.